The van der Waals surface area contributed by atoms with Gasteiger partial charge in [0.25, 0.3) is 0 Å². The second-order valence-electron chi connectivity index (χ2n) is 6.15. The van der Waals surface area contributed by atoms with Gasteiger partial charge in [-0.2, -0.15) is 0 Å². The SMILES string of the molecule is CC(C)[C@H](N)C(=O)NCC(=O)NCc1ccc(CS(C)(=O)=O)cc1. The molecule has 2 amide bonds. The predicted molar refractivity (Wildman–Crippen MR) is 92.7 cm³/mol. The Morgan fingerprint density at radius 3 is 2.12 bits per heavy atom. The smallest absolute Gasteiger partial charge is 0.239 e. The molecule has 4 N–H and O–H groups in total. The Kier molecular flexibility index (Phi) is 7.37. The van der Waals surface area contributed by atoms with E-state index in [0.29, 0.717) is 12.1 Å². The molecule has 1 aromatic carbocycles. The van der Waals surface area contributed by atoms with E-state index < -0.39 is 15.9 Å². The molecule has 7 nitrogen and oxygen atoms in total. The van der Waals surface area contributed by atoms with Crippen LogP contribution in [0.5, 0.6) is 0 Å². The lowest BCUT2D eigenvalue weighted by atomic mass is 10.1. The molecule has 1 rings (SSSR count). The highest BCUT2D eigenvalue weighted by Gasteiger charge is 2.17. The van der Waals surface area contributed by atoms with Crippen molar-refractivity contribution in [3.8, 4) is 0 Å². The van der Waals surface area contributed by atoms with Gasteiger partial charge in [0.2, 0.25) is 11.8 Å². The highest BCUT2D eigenvalue weighted by molar-refractivity contribution is 7.89. The zero-order chi connectivity index (χ0) is 18.3. The molecule has 0 radical (unpaired) electrons. The monoisotopic (exact) mass is 355 g/mol. The first-order valence-corrected chi connectivity index (χ1v) is 9.70. The zero-order valence-electron chi connectivity index (χ0n) is 14.2. The fraction of sp³-hybridized carbons (Fsp3) is 0.500. The summed E-state index contributed by atoms with van der Waals surface area (Å²) in [7, 11) is -3.06. The van der Waals surface area contributed by atoms with E-state index in [1.807, 2.05) is 13.8 Å². The van der Waals surface area contributed by atoms with E-state index in [-0.39, 0.29) is 30.0 Å². The van der Waals surface area contributed by atoms with Crippen molar-refractivity contribution in [1.29, 1.82) is 0 Å². The summed E-state index contributed by atoms with van der Waals surface area (Å²) in [5, 5.41) is 5.17. The Hall–Kier alpha value is -1.93. The van der Waals surface area contributed by atoms with Gasteiger partial charge in [0.05, 0.1) is 18.3 Å². The van der Waals surface area contributed by atoms with Gasteiger partial charge in [-0.15, -0.1) is 0 Å². The van der Waals surface area contributed by atoms with Crippen LogP contribution in [0.2, 0.25) is 0 Å². The molecule has 0 unspecified atom stereocenters. The molecule has 1 atom stereocenters. The minimum Gasteiger partial charge on any atom is -0.350 e. The van der Waals surface area contributed by atoms with Gasteiger partial charge < -0.3 is 16.4 Å². The molecule has 0 fully saturated rings. The van der Waals surface area contributed by atoms with Gasteiger partial charge in [-0.1, -0.05) is 38.1 Å². The van der Waals surface area contributed by atoms with Crippen LogP contribution in [0.25, 0.3) is 0 Å². The van der Waals surface area contributed by atoms with Gasteiger partial charge in [-0.3, -0.25) is 9.59 Å². The normalized spacial score (nSPS) is 12.7. The third kappa shape index (κ3) is 7.56. The van der Waals surface area contributed by atoms with Crippen LogP contribution in [-0.4, -0.2) is 39.1 Å². The minimum atomic E-state index is -3.06. The van der Waals surface area contributed by atoms with Crippen molar-refractivity contribution >= 4 is 21.7 Å². The van der Waals surface area contributed by atoms with Crippen molar-refractivity contribution in [1.82, 2.24) is 10.6 Å². The second kappa shape index (κ2) is 8.79. The maximum Gasteiger partial charge on any atom is 0.239 e. The van der Waals surface area contributed by atoms with Crippen molar-refractivity contribution in [2.75, 3.05) is 12.8 Å². The Morgan fingerprint density at radius 1 is 1.08 bits per heavy atom. The second-order valence-corrected chi connectivity index (χ2v) is 8.29. The van der Waals surface area contributed by atoms with Crippen molar-refractivity contribution in [2.45, 2.75) is 32.2 Å². The van der Waals surface area contributed by atoms with Crippen LogP contribution >= 0.6 is 0 Å². The number of nitrogens with one attached hydrogen (secondary N) is 2. The third-order valence-corrected chi connectivity index (χ3v) is 4.24. The summed E-state index contributed by atoms with van der Waals surface area (Å²) in [4.78, 5) is 23.4. The summed E-state index contributed by atoms with van der Waals surface area (Å²) in [5.41, 5.74) is 7.22. The highest BCUT2D eigenvalue weighted by Crippen LogP contribution is 2.07. The maximum atomic E-state index is 11.7. The molecule has 134 valence electrons. The Morgan fingerprint density at radius 2 is 1.62 bits per heavy atom. The lowest BCUT2D eigenvalue weighted by Gasteiger charge is -2.15. The molecule has 0 heterocycles. The molecule has 0 aliphatic rings. The number of carbonyl (C=O) groups is 2. The van der Waals surface area contributed by atoms with Gasteiger partial charge in [-0.05, 0) is 17.0 Å². The number of hydrogen-bond donors (Lipinski definition) is 3. The van der Waals surface area contributed by atoms with E-state index >= 15 is 0 Å². The van der Waals surface area contributed by atoms with Gasteiger partial charge in [0.1, 0.15) is 0 Å². The molecule has 0 bridgehead atoms. The van der Waals surface area contributed by atoms with Crippen LogP contribution in [0, 0.1) is 5.92 Å². The van der Waals surface area contributed by atoms with Crippen LogP contribution in [0.1, 0.15) is 25.0 Å². The third-order valence-electron chi connectivity index (χ3n) is 3.39. The summed E-state index contributed by atoms with van der Waals surface area (Å²) in [6.07, 6.45) is 1.18. The number of hydrogen-bond acceptors (Lipinski definition) is 5. The molecule has 0 saturated carbocycles. The molecule has 1 aromatic rings. The summed E-state index contributed by atoms with van der Waals surface area (Å²) in [6.45, 7) is 3.82. The van der Waals surface area contributed by atoms with E-state index in [9.17, 15) is 18.0 Å². The van der Waals surface area contributed by atoms with E-state index in [0.717, 1.165) is 5.56 Å². The Bertz CT molecular complexity index is 669. The van der Waals surface area contributed by atoms with E-state index in [4.69, 9.17) is 5.73 Å². The maximum absolute atomic E-state index is 11.7. The summed E-state index contributed by atoms with van der Waals surface area (Å²) >= 11 is 0. The number of benzene rings is 1. The van der Waals surface area contributed by atoms with Crippen LogP contribution in [-0.2, 0) is 31.7 Å². The highest BCUT2D eigenvalue weighted by atomic mass is 32.2. The van der Waals surface area contributed by atoms with Crippen LogP contribution in [0.4, 0.5) is 0 Å². The van der Waals surface area contributed by atoms with Crippen molar-refractivity contribution in [3.05, 3.63) is 35.4 Å². The largest absolute Gasteiger partial charge is 0.350 e. The molecule has 0 saturated heterocycles. The lowest BCUT2D eigenvalue weighted by molar-refractivity contribution is -0.127. The van der Waals surface area contributed by atoms with Crippen LogP contribution in [0.3, 0.4) is 0 Å². The van der Waals surface area contributed by atoms with E-state index in [1.54, 1.807) is 24.3 Å². The lowest BCUT2D eigenvalue weighted by Crippen LogP contribution is -2.47. The topological polar surface area (TPSA) is 118 Å². The fourth-order valence-corrected chi connectivity index (χ4v) is 2.71. The van der Waals surface area contributed by atoms with Crippen molar-refractivity contribution < 1.29 is 18.0 Å². The van der Waals surface area contributed by atoms with E-state index in [2.05, 4.69) is 10.6 Å². The first-order chi connectivity index (χ1) is 11.1. The van der Waals surface area contributed by atoms with Gasteiger partial charge in [0, 0.05) is 12.8 Å². The number of amides is 2. The molecule has 8 heteroatoms. The number of carbonyl (C=O) groups excluding carboxylic acids is 2. The fourth-order valence-electron chi connectivity index (χ4n) is 1.91. The molecule has 24 heavy (non-hydrogen) atoms. The summed E-state index contributed by atoms with van der Waals surface area (Å²) in [5.74, 6) is -0.690. The first-order valence-electron chi connectivity index (χ1n) is 7.64. The molecule has 0 aliphatic heterocycles. The van der Waals surface area contributed by atoms with Crippen LogP contribution in [0.15, 0.2) is 24.3 Å². The van der Waals surface area contributed by atoms with Crippen molar-refractivity contribution in [3.63, 3.8) is 0 Å². The van der Waals surface area contributed by atoms with Crippen molar-refractivity contribution in [2.24, 2.45) is 11.7 Å². The van der Waals surface area contributed by atoms with Gasteiger partial charge in [-0.25, -0.2) is 8.42 Å². The molecule has 0 aliphatic carbocycles. The number of rotatable bonds is 8. The first kappa shape index (κ1) is 20.1. The number of nitrogens with two attached hydrogens (primary N) is 1. The molecular formula is C16H25N3O4S. The summed E-state index contributed by atoms with van der Waals surface area (Å²) < 4.78 is 22.4. The number of sulfone groups is 1. The zero-order valence-corrected chi connectivity index (χ0v) is 15.0. The van der Waals surface area contributed by atoms with E-state index in [1.165, 1.54) is 6.26 Å². The van der Waals surface area contributed by atoms with Gasteiger partial charge in [0.15, 0.2) is 9.84 Å². The molecular weight excluding hydrogens is 330 g/mol. The van der Waals surface area contributed by atoms with Crippen LogP contribution < -0.4 is 16.4 Å². The average Bonchev–Trinajstić information content (AvgIpc) is 2.49. The predicted octanol–water partition coefficient (Wildman–Crippen LogP) is -0.0531. The Balaban J connectivity index is 2.40. The molecule has 0 spiro atoms. The average molecular weight is 355 g/mol. The standard InChI is InChI=1S/C16H25N3O4S/c1-11(2)15(17)16(21)19-9-14(20)18-8-12-4-6-13(7-5-12)10-24(3,22)23/h4-7,11,15H,8-10,17H2,1-3H3,(H,18,20)(H,19,21)/t15-/m0/s1. The molecule has 0 aromatic heterocycles. The Labute approximate surface area is 142 Å². The summed E-state index contributed by atoms with van der Waals surface area (Å²) in [6, 6.07) is 6.31. The minimum absolute atomic E-state index is 0.00138. The van der Waals surface area contributed by atoms with Gasteiger partial charge >= 0.3 is 0 Å². The quantitative estimate of drug-likeness (QED) is 0.604.